The highest BCUT2D eigenvalue weighted by Crippen LogP contribution is 2.29. The van der Waals surface area contributed by atoms with Crippen molar-refractivity contribution in [2.75, 3.05) is 31.1 Å². The minimum absolute atomic E-state index is 0.184. The van der Waals surface area contributed by atoms with Crippen molar-refractivity contribution in [2.24, 2.45) is 0 Å². The summed E-state index contributed by atoms with van der Waals surface area (Å²) < 4.78 is 6.71. The molecule has 0 atom stereocenters. The molecule has 214 valence electrons. The molecule has 10 nitrogen and oxygen atoms in total. The Morgan fingerprint density at radius 2 is 1.57 bits per heavy atom. The second-order valence-electron chi connectivity index (χ2n) is 11.2. The summed E-state index contributed by atoms with van der Waals surface area (Å²) in [5, 5.41) is 1.68. The normalized spacial score (nSPS) is 13.9. The van der Waals surface area contributed by atoms with E-state index in [1.54, 1.807) is 11.1 Å². The van der Waals surface area contributed by atoms with Crippen molar-refractivity contribution in [1.29, 1.82) is 0 Å². The number of aromatic nitrogens is 4. The van der Waals surface area contributed by atoms with Gasteiger partial charge in [0.05, 0.1) is 10.9 Å². The molecule has 0 radical (unpaired) electrons. The monoisotopic (exact) mass is 564 g/mol. The van der Waals surface area contributed by atoms with Gasteiger partial charge >= 0.3 is 11.8 Å². The highest BCUT2D eigenvalue weighted by molar-refractivity contribution is 5.92. The molecule has 5 aromatic rings. The van der Waals surface area contributed by atoms with E-state index in [-0.39, 0.29) is 12.7 Å². The molecular weight excluding hydrogens is 532 g/mol. The lowest BCUT2D eigenvalue weighted by molar-refractivity contribution is 0.0240. The molecule has 0 aliphatic carbocycles. The summed E-state index contributed by atoms with van der Waals surface area (Å²) in [6.07, 6.45) is 3.19. The Balaban J connectivity index is 1.37. The fraction of sp³-hybridized carbons (Fsp3) is 0.281. The Hall–Kier alpha value is -4.99. The van der Waals surface area contributed by atoms with Crippen LogP contribution in [0.2, 0.25) is 0 Å². The lowest BCUT2D eigenvalue weighted by Gasteiger charge is -2.36. The number of carbonyl (C=O) groups is 1. The van der Waals surface area contributed by atoms with Crippen LogP contribution >= 0.6 is 0 Å². The largest absolute Gasteiger partial charge is 0.444 e. The Bertz CT molecular complexity index is 1810. The number of hydrogen-bond acceptors (Lipinski definition) is 8. The predicted molar refractivity (Wildman–Crippen MR) is 161 cm³/mol. The average molecular weight is 565 g/mol. The third-order valence-corrected chi connectivity index (χ3v) is 7.03. The fourth-order valence-electron chi connectivity index (χ4n) is 4.96. The molecule has 6 rings (SSSR count). The van der Waals surface area contributed by atoms with E-state index in [0.717, 1.165) is 32.3 Å². The van der Waals surface area contributed by atoms with Crippen molar-refractivity contribution in [3.63, 3.8) is 0 Å². The summed E-state index contributed by atoms with van der Waals surface area (Å²) in [6, 6.07) is 21.6. The Morgan fingerprint density at radius 1 is 0.881 bits per heavy atom. The first kappa shape index (κ1) is 27.2. The third-order valence-electron chi connectivity index (χ3n) is 7.03. The van der Waals surface area contributed by atoms with Gasteiger partial charge < -0.3 is 19.4 Å². The van der Waals surface area contributed by atoms with E-state index in [0.29, 0.717) is 43.0 Å². The number of amides is 1. The summed E-state index contributed by atoms with van der Waals surface area (Å²) in [5.41, 5.74) is 2.79. The van der Waals surface area contributed by atoms with Crippen LogP contribution in [0.3, 0.4) is 0 Å². The number of ether oxygens (including phenoxy) is 1. The number of pyridine rings is 2. The van der Waals surface area contributed by atoms with Crippen molar-refractivity contribution >= 4 is 33.8 Å². The summed E-state index contributed by atoms with van der Waals surface area (Å²) >= 11 is 0. The van der Waals surface area contributed by atoms with Crippen LogP contribution in [0.5, 0.6) is 0 Å². The molecule has 4 heterocycles. The highest BCUT2D eigenvalue weighted by Gasteiger charge is 2.28. The topological polar surface area (TPSA) is 103 Å². The van der Waals surface area contributed by atoms with E-state index in [9.17, 15) is 9.59 Å². The van der Waals surface area contributed by atoms with E-state index in [4.69, 9.17) is 14.6 Å². The van der Waals surface area contributed by atoms with Gasteiger partial charge in [0, 0.05) is 55.1 Å². The summed E-state index contributed by atoms with van der Waals surface area (Å²) in [4.78, 5) is 49.4. The molecule has 2 aromatic carbocycles. The SMILES string of the molecule is CC(C)(C)OC(=O)N1CCN(c2nc(=O)n(OCc3ccccc3)c3ncc(-c4cnc5ccccc5c4)cc23)CC1. The molecule has 0 saturated carbocycles. The molecular formula is C32H32N6O4. The highest BCUT2D eigenvalue weighted by atomic mass is 16.7. The van der Waals surface area contributed by atoms with Crippen LogP contribution in [0, 0.1) is 0 Å². The molecule has 1 amide bonds. The zero-order chi connectivity index (χ0) is 29.3. The fourth-order valence-corrected chi connectivity index (χ4v) is 4.96. The van der Waals surface area contributed by atoms with Crippen molar-refractivity contribution in [2.45, 2.75) is 33.0 Å². The Morgan fingerprint density at radius 3 is 2.33 bits per heavy atom. The van der Waals surface area contributed by atoms with Gasteiger partial charge in [0.1, 0.15) is 18.0 Å². The van der Waals surface area contributed by atoms with Crippen LogP contribution in [-0.2, 0) is 11.3 Å². The summed E-state index contributed by atoms with van der Waals surface area (Å²) in [5.74, 6) is 0.501. The van der Waals surface area contributed by atoms with E-state index in [1.165, 1.54) is 0 Å². The predicted octanol–water partition coefficient (Wildman–Crippen LogP) is 4.69. The van der Waals surface area contributed by atoms with Gasteiger partial charge in [-0.15, -0.1) is 4.73 Å². The minimum Gasteiger partial charge on any atom is -0.444 e. The van der Waals surface area contributed by atoms with Gasteiger partial charge in [-0.2, -0.15) is 4.98 Å². The summed E-state index contributed by atoms with van der Waals surface area (Å²) in [6.45, 7) is 7.57. The van der Waals surface area contributed by atoms with E-state index in [1.807, 2.05) is 92.5 Å². The van der Waals surface area contributed by atoms with Gasteiger partial charge in [-0.25, -0.2) is 14.6 Å². The molecule has 0 spiro atoms. The van der Waals surface area contributed by atoms with Crippen LogP contribution in [0.25, 0.3) is 33.1 Å². The summed E-state index contributed by atoms with van der Waals surface area (Å²) in [7, 11) is 0. The van der Waals surface area contributed by atoms with Crippen molar-refractivity contribution in [1.82, 2.24) is 24.6 Å². The maximum absolute atomic E-state index is 13.3. The first-order chi connectivity index (χ1) is 20.2. The quantitative estimate of drug-likeness (QED) is 0.303. The zero-order valence-electron chi connectivity index (χ0n) is 23.9. The van der Waals surface area contributed by atoms with Gasteiger partial charge in [-0.05, 0) is 44.5 Å². The first-order valence-electron chi connectivity index (χ1n) is 13.9. The number of fused-ring (bicyclic) bond motifs is 2. The van der Waals surface area contributed by atoms with Crippen molar-refractivity contribution in [3.05, 3.63) is 95.2 Å². The average Bonchev–Trinajstić information content (AvgIpc) is 2.99. The number of hydrogen-bond donors (Lipinski definition) is 0. The first-order valence-corrected chi connectivity index (χ1v) is 13.9. The standard InChI is InChI=1S/C32H32N6O4/c1-32(2,3)42-31(40)37-15-13-36(14-16-37)29-26-18-25(24-17-23-11-7-8-12-27(23)33-19-24)20-34-28(26)38(30(39)35-29)41-21-22-9-5-4-6-10-22/h4-12,17-20H,13-16,21H2,1-3H3. The maximum atomic E-state index is 13.3. The number of piperazine rings is 1. The maximum Gasteiger partial charge on any atom is 0.410 e. The molecule has 3 aromatic heterocycles. The van der Waals surface area contributed by atoms with Gasteiger partial charge in [0.25, 0.3) is 0 Å². The van der Waals surface area contributed by atoms with Gasteiger partial charge in [0.15, 0.2) is 5.65 Å². The molecule has 0 bridgehead atoms. The molecule has 1 saturated heterocycles. The molecule has 0 unspecified atom stereocenters. The third kappa shape index (κ3) is 5.74. The smallest absolute Gasteiger partial charge is 0.410 e. The number of para-hydroxylation sites is 1. The molecule has 42 heavy (non-hydrogen) atoms. The number of rotatable bonds is 5. The molecule has 0 N–H and O–H groups in total. The van der Waals surface area contributed by atoms with Crippen LogP contribution in [0.15, 0.2) is 83.9 Å². The second-order valence-corrected chi connectivity index (χ2v) is 11.2. The van der Waals surface area contributed by atoms with E-state index in [2.05, 4.69) is 16.0 Å². The minimum atomic E-state index is -0.573. The van der Waals surface area contributed by atoms with Gasteiger partial charge in [-0.1, -0.05) is 48.5 Å². The van der Waals surface area contributed by atoms with Crippen molar-refractivity contribution < 1.29 is 14.4 Å². The molecule has 10 heteroatoms. The molecule has 1 fully saturated rings. The Kier molecular flexibility index (Phi) is 7.20. The van der Waals surface area contributed by atoms with Crippen LogP contribution < -0.4 is 15.4 Å². The van der Waals surface area contributed by atoms with E-state index >= 15 is 0 Å². The number of nitrogens with zero attached hydrogens (tertiary/aromatic N) is 6. The lowest BCUT2D eigenvalue weighted by Crippen LogP contribution is -2.50. The number of carbonyl (C=O) groups excluding carboxylic acids is 1. The second kappa shape index (κ2) is 11.1. The van der Waals surface area contributed by atoms with Crippen molar-refractivity contribution in [3.8, 4) is 11.1 Å². The number of anilines is 1. The van der Waals surface area contributed by atoms with Gasteiger partial charge in [0.2, 0.25) is 0 Å². The van der Waals surface area contributed by atoms with Crippen LogP contribution in [-0.4, -0.2) is 62.5 Å². The Labute approximate surface area is 243 Å². The zero-order valence-corrected chi connectivity index (χ0v) is 23.9. The van der Waals surface area contributed by atoms with Crippen LogP contribution in [0.4, 0.5) is 10.6 Å². The number of benzene rings is 2. The molecule has 1 aliphatic heterocycles. The van der Waals surface area contributed by atoms with E-state index < -0.39 is 11.3 Å². The van der Waals surface area contributed by atoms with Crippen LogP contribution in [0.1, 0.15) is 26.3 Å². The van der Waals surface area contributed by atoms with Gasteiger partial charge in [-0.3, -0.25) is 4.98 Å². The lowest BCUT2D eigenvalue weighted by atomic mass is 10.1. The molecule has 1 aliphatic rings.